The van der Waals surface area contributed by atoms with Gasteiger partial charge in [-0.15, -0.1) is 0 Å². The summed E-state index contributed by atoms with van der Waals surface area (Å²) in [5, 5.41) is 0. The number of aryl methyl sites for hydroxylation is 1. The molecule has 0 aromatic heterocycles. The van der Waals surface area contributed by atoms with Crippen LogP contribution >= 0.6 is 0 Å². The first kappa shape index (κ1) is 21.9. The van der Waals surface area contributed by atoms with Crippen molar-refractivity contribution in [2.75, 3.05) is 0 Å². The molecule has 0 nitrogen and oxygen atoms in total. The lowest BCUT2D eigenvalue weighted by atomic mass is 9.78. The standard InChI is InChI=1S/C29H40/c1-10-11-12-21-14-25-20(3)19(2)13-26(27(25)15-21)22-16-23(28(4,5)6)18-24(17-22)29(7,8)9/h13,15-18H,10-12,14H2,1-9H3. The summed E-state index contributed by atoms with van der Waals surface area (Å²) in [5.74, 6) is 0. The summed E-state index contributed by atoms with van der Waals surface area (Å²) in [5.41, 5.74) is 13.5. The molecule has 0 saturated heterocycles. The van der Waals surface area contributed by atoms with Crippen molar-refractivity contribution in [1.82, 2.24) is 0 Å². The Labute approximate surface area is 179 Å². The fourth-order valence-corrected chi connectivity index (χ4v) is 4.33. The SMILES string of the molecule is CCCCC1=Cc2c(-c3cc(C(C)(C)C)cc(C(C)(C)C)c3)cc(C)c(C)c2C1. The molecule has 0 amide bonds. The predicted molar refractivity (Wildman–Crippen MR) is 130 cm³/mol. The molecule has 0 radical (unpaired) electrons. The van der Waals surface area contributed by atoms with E-state index in [9.17, 15) is 0 Å². The van der Waals surface area contributed by atoms with Gasteiger partial charge in [-0.1, -0.05) is 90.8 Å². The van der Waals surface area contributed by atoms with Crippen LogP contribution in [0.5, 0.6) is 0 Å². The van der Waals surface area contributed by atoms with Crippen LogP contribution in [0.1, 0.15) is 101 Å². The van der Waals surface area contributed by atoms with E-state index in [4.69, 9.17) is 0 Å². The highest BCUT2D eigenvalue weighted by Gasteiger charge is 2.24. The van der Waals surface area contributed by atoms with Gasteiger partial charge >= 0.3 is 0 Å². The summed E-state index contributed by atoms with van der Waals surface area (Å²) in [6.45, 7) is 20.8. The lowest BCUT2D eigenvalue weighted by Crippen LogP contribution is -2.16. The first-order chi connectivity index (χ1) is 13.4. The molecule has 0 N–H and O–H groups in total. The minimum absolute atomic E-state index is 0.140. The average molecular weight is 389 g/mol. The van der Waals surface area contributed by atoms with Crippen LogP contribution in [0.4, 0.5) is 0 Å². The molecular formula is C29H40. The third-order valence-electron chi connectivity index (χ3n) is 6.60. The first-order valence-corrected chi connectivity index (χ1v) is 11.4. The molecule has 0 bridgehead atoms. The maximum absolute atomic E-state index is 2.51. The van der Waals surface area contributed by atoms with Gasteiger partial charge in [0.1, 0.15) is 0 Å². The molecule has 0 heteroatoms. The van der Waals surface area contributed by atoms with Crippen LogP contribution in [0.3, 0.4) is 0 Å². The van der Waals surface area contributed by atoms with Crippen molar-refractivity contribution in [3.05, 3.63) is 63.2 Å². The molecule has 0 spiro atoms. The van der Waals surface area contributed by atoms with Gasteiger partial charge in [-0.05, 0) is 88.4 Å². The van der Waals surface area contributed by atoms with Crippen LogP contribution in [-0.2, 0) is 17.3 Å². The summed E-state index contributed by atoms with van der Waals surface area (Å²) >= 11 is 0. The smallest absolute Gasteiger partial charge is 0.00549 e. The van der Waals surface area contributed by atoms with Crippen molar-refractivity contribution in [1.29, 1.82) is 0 Å². The predicted octanol–water partition coefficient (Wildman–Crippen LogP) is 8.70. The number of hydrogen-bond donors (Lipinski definition) is 0. The Bertz CT molecular complexity index is 907. The Balaban J connectivity index is 2.23. The number of allylic oxidation sites excluding steroid dienone is 1. The van der Waals surface area contributed by atoms with Crippen LogP contribution in [0, 0.1) is 13.8 Å². The second-order valence-corrected chi connectivity index (χ2v) is 11.1. The molecular weight excluding hydrogens is 348 g/mol. The Morgan fingerprint density at radius 3 is 1.93 bits per heavy atom. The molecule has 156 valence electrons. The number of rotatable bonds is 4. The van der Waals surface area contributed by atoms with Gasteiger partial charge in [-0.3, -0.25) is 0 Å². The molecule has 2 aromatic carbocycles. The van der Waals surface area contributed by atoms with Crippen LogP contribution in [0.2, 0.25) is 0 Å². The number of fused-ring (bicyclic) bond motifs is 1. The van der Waals surface area contributed by atoms with E-state index in [0.29, 0.717) is 0 Å². The van der Waals surface area contributed by atoms with Crippen molar-refractivity contribution in [2.45, 2.75) is 98.8 Å². The van der Waals surface area contributed by atoms with Crippen molar-refractivity contribution in [3.63, 3.8) is 0 Å². The summed E-state index contributed by atoms with van der Waals surface area (Å²) in [7, 11) is 0. The van der Waals surface area contributed by atoms with Crippen molar-refractivity contribution >= 4 is 6.08 Å². The zero-order chi connectivity index (χ0) is 21.6. The van der Waals surface area contributed by atoms with Crippen LogP contribution in [0.25, 0.3) is 17.2 Å². The van der Waals surface area contributed by atoms with E-state index < -0.39 is 0 Å². The van der Waals surface area contributed by atoms with E-state index in [-0.39, 0.29) is 10.8 Å². The molecule has 0 heterocycles. The van der Waals surface area contributed by atoms with E-state index in [2.05, 4.69) is 92.7 Å². The Kier molecular flexibility index (Phi) is 5.87. The third-order valence-corrected chi connectivity index (χ3v) is 6.60. The second kappa shape index (κ2) is 7.78. The summed E-state index contributed by atoms with van der Waals surface area (Å²) in [6, 6.07) is 9.74. The number of benzene rings is 2. The highest BCUT2D eigenvalue weighted by molar-refractivity contribution is 5.83. The molecule has 1 aliphatic carbocycles. The summed E-state index contributed by atoms with van der Waals surface area (Å²) in [6.07, 6.45) is 7.44. The summed E-state index contributed by atoms with van der Waals surface area (Å²) in [4.78, 5) is 0. The van der Waals surface area contributed by atoms with Crippen molar-refractivity contribution < 1.29 is 0 Å². The van der Waals surface area contributed by atoms with Gasteiger partial charge in [0.15, 0.2) is 0 Å². The fourth-order valence-electron chi connectivity index (χ4n) is 4.33. The Morgan fingerprint density at radius 1 is 0.828 bits per heavy atom. The Morgan fingerprint density at radius 2 is 1.41 bits per heavy atom. The number of unbranched alkanes of at least 4 members (excludes halogenated alkanes) is 1. The lowest BCUT2D eigenvalue weighted by Gasteiger charge is -2.27. The van der Waals surface area contributed by atoms with Crippen molar-refractivity contribution in [2.24, 2.45) is 0 Å². The zero-order valence-electron chi connectivity index (χ0n) is 20.2. The van der Waals surface area contributed by atoms with Gasteiger partial charge < -0.3 is 0 Å². The number of hydrogen-bond acceptors (Lipinski definition) is 0. The van der Waals surface area contributed by atoms with Crippen LogP contribution < -0.4 is 0 Å². The van der Waals surface area contributed by atoms with Gasteiger partial charge in [-0.2, -0.15) is 0 Å². The van der Waals surface area contributed by atoms with E-state index in [1.807, 2.05) is 0 Å². The second-order valence-electron chi connectivity index (χ2n) is 11.1. The van der Waals surface area contributed by atoms with Crippen LogP contribution in [0.15, 0.2) is 29.8 Å². The zero-order valence-corrected chi connectivity index (χ0v) is 20.2. The summed E-state index contributed by atoms with van der Waals surface area (Å²) < 4.78 is 0. The average Bonchev–Trinajstić information content (AvgIpc) is 3.05. The topological polar surface area (TPSA) is 0 Å². The lowest BCUT2D eigenvalue weighted by molar-refractivity contribution is 0.569. The minimum atomic E-state index is 0.140. The molecule has 29 heavy (non-hydrogen) atoms. The molecule has 2 aromatic rings. The van der Waals surface area contributed by atoms with Gasteiger partial charge in [0, 0.05) is 0 Å². The van der Waals surface area contributed by atoms with Gasteiger partial charge in [0.05, 0.1) is 0 Å². The maximum Gasteiger partial charge on any atom is -0.00549 e. The monoisotopic (exact) mass is 388 g/mol. The van der Waals surface area contributed by atoms with E-state index in [0.717, 1.165) is 6.42 Å². The van der Waals surface area contributed by atoms with E-state index in [1.165, 1.54) is 58.2 Å². The molecule has 0 saturated carbocycles. The highest BCUT2D eigenvalue weighted by Crippen LogP contribution is 2.41. The van der Waals surface area contributed by atoms with E-state index >= 15 is 0 Å². The van der Waals surface area contributed by atoms with Gasteiger partial charge in [-0.25, -0.2) is 0 Å². The van der Waals surface area contributed by atoms with Gasteiger partial charge in [0.2, 0.25) is 0 Å². The largest absolute Gasteiger partial charge is 0.0654 e. The molecule has 3 rings (SSSR count). The first-order valence-electron chi connectivity index (χ1n) is 11.4. The maximum atomic E-state index is 2.51. The fraction of sp³-hybridized carbons (Fsp3) is 0.517. The molecule has 0 atom stereocenters. The quantitative estimate of drug-likeness (QED) is 0.491. The highest BCUT2D eigenvalue weighted by atomic mass is 14.3. The molecule has 1 aliphatic rings. The van der Waals surface area contributed by atoms with E-state index in [1.54, 1.807) is 11.1 Å². The van der Waals surface area contributed by atoms with Crippen LogP contribution in [-0.4, -0.2) is 0 Å². The molecule has 0 fully saturated rings. The van der Waals surface area contributed by atoms with Gasteiger partial charge in [0.25, 0.3) is 0 Å². The normalized spacial score (nSPS) is 14.2. The minimum Gasteiger partial charge on any atom is -0.0654 e. The molecule has 0 aliphatic heterocycles. The van der Waals surface area contributed by atoms with Crippen molar-refractivity contribution in [3.8, 4) is 11.1 Å². The Hall–Kier alpha value is -1.82. The third kappa shape index (κ3) is 4.52. The molecule has 0 unspecified atom stereocenters.